The summed E-state index contributed by atoms with van der Waals surface area (Å²) in [4.78, 5) is 28.4. The number of urea groups is 1. The average molecular weight is 257 g/mol. The van der Waals surface area contributed by atoms with Crippen molar-refractivity contribution in [2.45, 2.75) is 13.8 Å². The molecule has 1 rings (SSSR count). The molecule has 0 bridgehead atoms. The highest BCUT2D eigenvalue weighted by molar-refractivity contribution is 5.80. The molecular weight excluding hydrogens is 234 g/mol. The maximum atomic E-state index is 12.2. The number of rotatable bonds is 4. The number of hydrogen-bond acceptors (Lipinski definition) is 3. The van der Waals surface area contributed by atoms with Crippen molar-refractivity contribution in [3.05, 3.63) is 0 Å². The Morgan fingerprint density at radius 2 is 1.78 bits per heavy atom. The first-order valence-electron chi connectivity index (χ1n) is 6.34. The summed E-state index contributed by atoms with van der Waals surface area (Å²) in [6, 6.07) is -0.154. The highest BCUT2D eigenvalue weighted by Gasteiger charge is 2.25. The summed E-state index contributed by atoms with van der Waals surface area (Å²) in [7, 11) is 2.02. The number of nitrogens with zero attached hydrogens (tertiary/aromatic N) is 3. The van der Waals surface area contributed by atoms with E-state index in [2.05, 4.69) is 4.90 Å². The van der Waals surface area contributed by atoms with Crippen LogP contribution in [0.3, 0.4) is 0 Å². The zero-order chi connectivity index (χ0) is 13.7. The van der Waals surface area contributed by atoms with Gasteiger partial charge in [0.1, 0.15) is 6.54 Å². The number of carboxylic acids is 1. The molecule has 0 unspecified atom stereocenters. The lowest BCUT2D eigenvalue weighted by Gasteiger charge is -2.36. The van der Waals surface area contributed by atoms with Crippen molar-refractivity contribution in [2.24, 2.45) is 5.92 Å². The van der Waals surface area contributed by atoms with Gasteiger partial charge in [-0.1, -0.05) is 13.8 Å². The van der Waals surface area contributed by atoms with Crippen LogP contribution in [0.25, 0.3) is 0 Å². The van der Waals surface area contributed by atoms with Crippen LogP contribution in [-0.4, -0.2) is 78.1 Å². The van der Waals surface area contributed by atoms with Crippen LogP contribution in [0.5, 0.6) is 0 Å². The molecule has 1 fully saturated rings. The Kier molecular flexibility index (Phi) is 5.40. The molecule has 0 spiro atoms. The highest BCUT2D eigenvalue weighted by Crippen LogP contribution is 2.07. The maximum absolute atomic E-state index is 12.2. The summed E-state index contributed by atoms with van der Waals surface area (Å²) in [5, 5.41) is 8.87. The fourth-order valence-corrected chi connectivity index (χ4v) is 2.01. The monoisotopic (exact) mass is 257 g/mol. The number of carboxylic acid groups (broad SMARTS) is 1. The normalized spacial score (nSPS) is 17.0. The van der Waals surface area contributed by atoms with Crippen molar-refractivity contribution >= 4 is 12.0 Å². The van der Waals surface area contributed by atoms with E-state index in [1.54, 1.807) is 4.90 Å². The van der Waals surface area contributed by atoms with E-state index in [1.807, 2.05) is 20.9 Å². The number of amides is 2. The van der Waals surface area contributed by atoms with E-state index in [9.17, 15) is 9.59 Å². The van der Waals surface area contributed by atoms with Gasteiger partial charge < -0.3 is 19.8 Å². The Labute approximate surface area is 108 Å². The number of hydrogen-bond donors (Lipinski definition) is 1. The van der Waals surface area contributed by atoms with Crippen LogP contribution in [-0.2, 0) is 4.79 Å². The van der Waals surface area contributed by atoms with Crippen molar-refractivity contribution in [1.82, 2.24) is 14.7 Å². The molecule has 2 amide bonds. The minimum Gasteiger partial charge on any atom is -0.480 e. The average Bonchev–Trinajstić information content (AvgIpc) is 2.27. The van der Waals surface area contributed by atoms with Crippen LogP contribution >= 0.6 is 0 Å². The highest BCUT2D eigenvalue weighted by atomic mass is 16.4. The molecule has 104 valence electrons. The van der Waals surface area contributed by atoms with Crippen LogP contribution in [0.15, 0.2) is 0 Å². The molecule has 0 aromatic heterocycles. The molecule has 0 aliphatic carbocycles. The molecule has 0 radical (unpaired) electrons. The molecule has 1 aliphatic heterocycles. The summed E-state index contributed by atoms with van der Waals surface area (Å²) in [5.41, 5.74) is 0. The number of piperazine rings is 1. The van der Waals surface area contributed by atoms with Gasteiger partial charge in [-0.2, -0.15) is 0 Å². The Morgan fingerprint density at radius 1 is 1.22 bits per heavy atom. The lowest BCUT2D eigenvalue weighted by atomic mass is 10.2. The van der Waals surface area contributed by atoms with Gasteiger partial charge in [0.15, 0.2) is 0 Å². The van der Waals surface area contributed by atoms with Gasteiger partial charge in [-0.25, -0.2) is 4.79 Å². The van der Waals surface area contributed by atoms with E-state index < -0.39 is 5.97 Å². The molecule has 0 aromatic carbocycles. The molecule has 1 saturated heterocycles. The summed E-state index contributed by atoms with van der Waals surface area (Å²) in [6.07, 6.45) is 0. The molecule has 0 aromatic rings. The molecule has 1 heterocycles. The second-order valence-electron chi connectivity index (χ2n) is 5.24. The lowest BCUT2D eigenvalue weighted by molar-refractivity contribution is -0.137. The van der Waals surface area contributed by atoms with Gasteiger partial charge in [-0.15, -0.1) is 0 Å². The third kappa shape index (κ3) is 4.52. The number of aliphatic carboxylic acids is 1. The first-order chi connectivity index (χ1) is 8.40. The van der Waals surface area contributed by atoms with Crippen molar-refractivity contribution in [3.8, 4) is 0 Å². The van der Waals surface area contributed by atoms with E-state index >= 15 is 0 Å². The number of carbonyl (C=O) groups is 2. The summed E-state index contributed by atoms with van der Waals surface area (Å²) >= 11 is 0. The van der Waals surface area contributed by atoms with E-state index in [0.29, 0.717) is 19.6 Å². The van der Waals surface area contributed by atoms with Gasteiger partial charge in [-0.05, 0) is 13.0 Å². The van der Waals surface area contributed by atoms with Crippen molar-refractivity contribution in [1.29, 1.82) is 0 Å². The zero-order valence-electron chi connectivity index (χ0n) is 11.4. The molecule has 0 atom stereocenters. The van der Waals surface area contributed by atoms with E-state index in [1.165, 1.54) is 4.90 Å². The van der Waals surface area contributed by atoms with Crippen molar-refractivity contribution in [2.75, 3.05) is 46.3 Å². The quantitative estimate of drug-likeness (QED) is 0.791. The molecule has 1 aliphatic rings. The first kappa shape index (κ1) is 14.8. The molecule has 6 heteroatoms. The van der Waals surface area contributed by atoms with Crippen LogP contribution in [0.1, 0.15) is 13.8 Å². The first-order valence-corrected chi connectivity index (χ1v) is 6.34. The molecule has 18 heavy (non-hydrogen) atoms. The van der Waals surface area contributed by atoms with Gasteiger partial charge in [-0.3, -0.25) is 4.79 Å². The lowest BCUT2D eigenvalue weighted by Crippen LogP contribution is -2.53. The van der Waals surface area contributed by atoms with Crippen LogP contribution < -0.4 is 0 Å². The minimum absolute atomic E-state index is 0.154. The topological polar surface area (TPSA) is 64.1 Å². The second kappa shape index (κ2) is 6.58. The van der Waals surface area contributed by atoms with E-state index in [-0.39, 0.29) is 18.5 Å². The number of carbonyl (C=O) groups excluding carboxylic acids is 1. The van der Waals surface area contributed by atoms with Gasteiger partial charge in [0, 0.05) is 32.7 Å². The minimum atomic E-state index is -0.960. The zero-order valence-corrected chi connectivity index (χ0v) is 11.4. The molecule has 6 nitrogen and oxygen atoms in total. The summed E-state index contributed by atoms with van der Waals surface area (Å²) in [5.74, 6) is -0.695. The second-order valence-corrected chi connectivity index (χ2v) is 5.24. The third-order valence-electron chi connectivity index (χ3n) is 2.96. The molecular formula is C12H23N3O3. The summed E-state index contributed by atoms with van der Waals surface area (Å²) in [6.45, 7) is 7.24. The van der Waals surface area contributed by atoms with Gasteiger partial charge in [0.25, 0.3) is 0 Å². The van der Waals surface area contributed by atoms with Gasteiger partial charge >= 0.3 is 12.0 Å². The molecule has 0 saturated carbocycles. The smallest absolute Gasteiger partial charge is 0.323 e. The maximum Gasteiger partial charge on any atom is 0.323 e. The predicted molar refractivity (Wildman–Crippen MR) is 68.5 cm³/mol. The fraction of sp³-hybridized carbons (Fsp3) is 0.833. The standard InChI is InChI=1S/C12H23N3O3/c1-10(2)8-15(9-11(16)17)12(18)14-6-4-13(3)5-7-14/h10H,4-9H2,1-3H3,(H,16,17). The fourth-order valence-electron chi connectivity index (χ4n) is 2.01. The van der Waals surface area contributed by atoms with Crippen LogP contribution in [0.4, 0.5) is 4.79 Å². The Balaban J connectivity index is 2.60. The van der Waals surface area contributed by atoms with Crippen LogP contribution in [0, 0.1) is 5.92 Å². The van der Waals surface area contributed by atoms with Crippen molar-refractivity contribution in [3.63, 3.8) is 0 Å². The SMILES string of the molecule is CC(C)CN(CC(=O)O)C(=O)N1CCN(C)CC1. The van der Waals surface area contributed by atoms with Crippen molar-refractivity contribution < 1.29 is 14.7 Å². The number of likely N-dealkylation sites (N-methyl/N-ethyl adjacent to an activating group) is 1. The van der Waals surface area contributed by atoms with Gasteiger partial charge in [0.2, 0.25) is 0 Å². The van der Waals surface area contributed by atoms with Crippen LogP contribution in [0.2, 0.25) is 0 Å². The summed E-state index contributed by atoms with van der Waals surface area (Å²) < 4.78 is 0. The van der Waals surface area contributed by atoms with Gasteiger partial charge in [0.05, 0.1) is 0 Å². The van der Waals surface area contributed by atoms with E-state index in [4.69, 9.17) is 5.11 Å². The largest absolute Gasteiger partial charge is 0.480 e. The Hall–Kier alpha value is -1.30. The molecule has 1 N–H and O–H groups in total. The Morgan fingerprint density at radius 3 is 2.22 bits per heavy atom. The third-order valence-corrected chi connectivity index (χ3v) is 2.96. The predicted octanol–water partition coefficient (Wildman–Crippen LogP) is 0.396. The Bertz CT molecular complexity index is 299. The van der Waals surface area contributed by atoms with E-state index in [0.717, 1.165) is 13.1 Å².